The van der Waals surface area contributed by atoms with E-state index in [1.165, 1.54) is 24.9 Å². The van der Waals surface area contributed by atoms with E-state index >= 15 is 0 Å². The first-order valence-corrected chi connectivity index (χ1v) is 8.44. The summed E-state index contributed by atoms with van der Waals surface area (Å²) in [6.07, 6.45) is 2.77. The van der Waals surface area contributed by atoms with Crippen molar-refractivity contribution in [2.75, 3.05) is 12.3 Å². The third kappa shape index (κ3) is 4.01. The third-order valence-corrected chi connectivity index (χ3v) is 5.10. The summed E-state index contributed by atoms with van der Waals surface area (Å²) in [4.78, 5) is 2.67. The van der Waals surface area contributed by atoms with Gasteiger partial charge in [0.25, 0.3) is 0 Å². The monoisotopic (exact) mass is 283 g/mol. The van der Waals surface area contributed by atoms with Crippen molar-refractivity contribution in [3.05, 3.63) is 22.4 Å². The summed E-state index contributed by atoms with van der Waals surface area (Å²) in [7, 11) is 0. The molecular formula is C15H25NS2. The van der Waals surface area contributed by atoms with Crippen molar-refractivity contribution in [2.45, 2.75) is 46.2 Å². The lowest BCUT2D eigenvalue weighted by atomic mass is 9.81. The summed E-state index contributed by atoms with van der Waals surface area (Å²) in [5.41, 5.74) is 1.82. The number of thiophene rings is 1. The molecule has 102 valence electrons. The van der Waals surface area contributed by atoms with E-state index in [1.54, 1.807) is 11.3 Å². The summed E-state index contributed by atoms with van der Waals surface area (Å²) < 4.78 is 0. The lowest BCUT2D eigenvalue weighted by Crippen LogP contribution is -2.37. The quantitative estimate of drug-likeness (QED) is 0.762. The van der Waals surface area contributed by atoms with E-state index in [4.69, 9.17) is 0 Å². The van der Waals surface area contributed by atoms with Crippen LogP contribution in [0.3, 0.4) is 0 Å². The third-order valence-electron chi connectivity index (χ3n) is 3.93. The first kappa shape index (κ1) is 14.4. The number of nitrogens with zero attached hydrogens (tertiary/aromatic N) is 1. The predicted molar refractivity (Wildman–Crippen MR) is 84.5 cm³/mol. The Morgan fingerprint density at radius 3 is 2.61 bits per heavy atom. The molecule has 1 aromatic heterocycles. The smallest absolute Gasteiger partial charge is 0.0245 e. The van der Waals surface area contributed by atoms with Gasteiger partial charge in [0.15, 0.2) is 0 Å². The molecule has 0 amide bonds. The van der Waals surface area contributed by atoms with Crippen LogP contribution < -0.4 is 0 Å². The molecule has 1 aliphatic rings. The van der Waals surface area contributed by atoms with Crippen molar-refractivity contribution < 1.29 is 0 Å². The second-order valence-electron chi connectivity index (χ2n) is 6.54. The van der Waals surface area contributed by atoms with E-state index in [9.17, 15) is 0 Å². The maximum absolute atomic E-state index is 4.56. The van der Waals surface area contributed by atoms with E-state index in [1.807, 2.05) is 0 Å². The maximum Gasteiger partial charge on any atom is 0.0245 e. The Morgan fingerprint density at radius 1 is 1.44 bits per heavy atom. The summed E-state index contributed by atoms with van der Waals surface area (Å²) in [6.45, 7) is 9.32. The van der Waals surface area contributed by atoms with Gasteiger partial charge in [-0.05, 0) is 52.3 Å². The highest BCUT2D eigenvalue weighted by Gasteiger charge is 2.33. The molecule has 2 rings (SSSR count). The van der Waals surface area contributed by atoms with Crippen molar-refractivity contribution in [1.82, 2.24) is 4.90 Å². The SMILES string of the molecule is CC(C)(C)C(CS)CN(Cc1ccsc1)C1CC1. The van der Waals surface area contributed by atoms with Crippen LogP contribution in [-0.2, 0) is 6.54 Å². The molecule has 0 saturated heterocycles. The van der Waals surface area contributed by atoms with Crippen molar-refractivity contribution in [1.29, 1.82) is 0 Å². The second-order valence-corrected chi connectivity index (χ2v) is 7.68. The Kier molecular flexibility index (Phi) is 4.79. The average Bonchev–Trinajstić information content (AvgIpc) is 3.01. The molecular weight excluding hydrogens is 258 g/mol. The minimum Gasteiger partial charge on any atom is -0.296 e. The second kappa shape index (κ2) is 5.98. The van der Waals surface area contributed by atoms with E-state index in [-0.39, 0.29) is 0 Å². The van der Waals surface area contributed by atoms with Gasteiger partial charge in [0, 0.05) is 19.1 Å². The molecule has 0 bridgehead atoms. The van der Waals surface area contributed by atoms with Crippen molar-refractivity contribution in [3.8, 4) is 0 Å². The van der Waals surface area contributed by atoms with Crippen LogP contribution in [0, 0.1) is 11.3 Å². The summed E-state index contributed by atoms with van der Waals surface area (Å²) in [5.74, 6) is 1.65. The molecule has 1 aromatic rings. The fraction of sp³-hybridized carbons (Fsp3) is 0.733. The highest BCUT2D eigenvalue weighted by molar-refractivity contribution is 7.80. The molecule has 1 saturated carbocycles. The molecule has 0 spiro atoms. The lowest BCUT2D eigenvalue weighted by Gasteiger charge is -2.34. The predicted octanol–water partition coefficient (Wildman–Crippen LogP) is 4.30. The molecule has 3 heteroatoms. The Labute approximate surface area is 121 Å². The van der Waals surface area contributed by atoms with E-state index < -0.39 is 0 Å². The van der Waals surface area contributed by atoms with Gasteiger partial charge in [-0.15, -0.1) is 0 Å². The molecule has 1 atom stereocenters. The van der Waals surface area contributed by atoms with Crippen LogP contribution in [0.15, 0.2) is 16.8 Å². The molecule has 0 radical (unpaired) electrons. The fourth-order valence-electron chi connectivity index (χ4n) is 2.29. The molecule has 0 aromatic carbocycles. The largest absolute Gasteiger partial charge is 0.296 e. The Morgan fingerprint density at radius 2 is 2.17 bits per heavy atom. The molecule has 1 unspecified atom stereocenters. The van der Waals surface area contributed by atoms with Gasteiger partial charge in [-0.2, -0.15) is 24.0 Å². The minimum atomic E-state index is 0.351. The van der Waals surface area contributed by atoms with Crippen molar-refractivity contribution in [2.24, 2.45) is 11.3 Å². The maximum atomic E-state index is 4.56. The number of thiol groups is 1. The van der Waals surface area contributed by atoms with Crippen LogP contribution in [0.4, 0.5) is 0 Å². The summed E-state index contributed by atoms with van der Waals surface area (Å²) >= 11 is 6.36. The van der Waals surface area contributed by atoms with Gasteiger partial charge >= 0.3 is 0 Å². The van der Waals surface area contributed by atoms with Crippen LogP contribution in [0.5, 0.6) is 0 Å². The first-order chi connectivity index (χ1) is 8.50. The molecule has 1 aliphatic carbocycles. The number of rotatable bonds is 6. The van der Waals surface area contributed by atoms with E-state index in [0.29, 0.717) is 11.3 Å². The Bertz CT molecular complexity index is 349. The zero-order valence-electron chi connectivity index (χ0n) is 11.7. The van der Waals surface area contributed by atoms with Crippen LogP contribution in [0.2, 0.25) is 0 Å². The highest BCUT2D eigenvalue weighted by Crippen LogP contribution is 2.34. The topological polar surface area (TPSA) is 3.24 Å². The Balaban J connectivity index is 1.97. The molecule has 1 heterocycles. The van der Waals surface area contributed by atoms with Gasteiger partial charge in [0.05, 0.1) is 0 Å². The van der Waals surface area contributed by atoms with Crippen LogP contribution in [0.25, 0.3) is 0 Å². The highest BCUT2D eigenvalue weighted by atomic mass is 32.1. The van der Waals surface area contributed by atoms with Gasteiger partial charge < -0.3 is 0 Å². The Hall–Kier alpha value is 0.01000. The molecule has 0 N–H and O–H groups in total. The average molecular weight is 284 g/mol. The molecule has 1 fully saturated rings. The van der Waals surface area contributed by atoms with Crippen molar-refractivity contribution in [3.63, 3.8) is 0 Å². The zero-order valence-corrected chi connectivity index (χ0v) is 13.4. The van der Waals surface area contributed by atoms with Gasteiger partial charge in [-0.25, -0.2) is 0 Å². The normalized spacial score (nSPS) is 18.3. The standard InChI is InChI=1S/C15H25NS2/c1-15(2,3)13(10-17)9-16(14-4-5-14)8-12-6-7-18-11-12/h6-7,11,13-14,17H,4-5,8-10H2,1-3H3. The summed E-state index contributed by atoms with van der Waals surface area (Å²) in [6, 6.07) is 3.09. The van der Waals surface area contributed by atoms with Crippen LogP contribution in [0.1, 0.15) is 39.2 Å². The van der Waals surface area contributed by atoms with Crippen LogP contribution in [-0.4, -0.2) is 23.2 Å². The van der Waals surface area contributed by atoms with Gasteiger partial charge in [-0.1, -0.05) is 20.8 Å². The zero-order chi connectivity index (χ0) is 13.2. The summed E-state index contributed by atoms with van der Waals surface area (Å²) in [5, 5.41) is 4.46. The van der Waals surface area contributed by atoms with Crippen molar-refractivity contribution >= 4 is 24.0 Å². The van der Waals surface area contributed by atoms with Crippen LogP contribution >= 0.6 is 24.0 Å². The van der Waals surface area contributed by atoms with Gasteiger partial charge in [0.1, 0.15) is 0 Å². The lowest BCUT2D eigenvalue weighted by molar-refractivity contribution is 0.153. The fourth-order valence-corrected chi connectivity index (χ4v) is 3.61. The number of hydrogen-bond donors (Lipinski definition) is 1. The van der Waals surface area contributed by atoms with Gasteiger partial charge in [-0.3, -0.25) is 4.90 Å². The number of hydrogen-bond acceptors (Lipinski definition) is 3. The first-order valence-electron chi connectivity index (χ1n) is 6.86. The molecule has 1 nitrogen and oxygen atoms in total. The molecule has 18 heavy (non-hydrogen) atoms. The minimum absolute atomic E-state index is 0.351. The molecule has 0 aliphatic heterocycles. The van der Waals surface area contributed by atoms with Gasteiger partial charge in [0.2, 0.25) is 0 Å². The van der Waals surface area contributed by atoms with E-state index in [2.05, 4.69) is 55.1 Å². The van der Waals surface area contributed by atoms with E-state index in [0.717, 1.165) is 18.3 Å².